The van der Waals surface area contributed by atoms with Crippen LogP contribution in [0.1, 0.15) is 37.0 Å². The Morgan fingerprint density at radius 2 is 1.90 bits per heavy atom. The van der Waals surface area contributed by atoms with Gasteiger partial charge in [0.15, 0.2) is 0 Å². The predicted molar refractivity (Wildman–Crippen MR) is 85.1 cm³/mol. The van der Waals surface area contributed by atoms with Gasteiger partial charge in [-0.15, -0.1) is 0 Å². The van der Waals surface area contributed by atoms with E-state index in [1.807, 2.05) is 12.1 Å². The molecule has 2 aromatic rings. The van der Waals surface area contributed by atoms with Crippen LogP contribution in [0.5, 0.6) is 5.75 Å². The van der Waals surface area contributed by atoms with Gasteiger partial charge in [0.2, 0.25) is 0 Å². The van der Waals surface area contributed by atoms with E-state index in [1.54, 1.807) is 13.0 Å². The van der Waals surface area contributed by atoms with Gasteiger partial charge in [-0.3, -0.25) is 0 Å². The summed E-state index contributed by atoms with van der Waals surface area (Å²) in [6.45, 7) is 2.61. The van der Waals surface area contributed by atoms with Crippen LogP contribution in [0.3, 0.4) is 0 Å². The van der Waals surface area contributed by atoms with Gasteiger partial charge in [0.05, 0.1) is 6.10 Å². The number of anilines is 2. The molecular formula is C18H21NO2. The lowest BCUT2D eigenvalue weighted by atomic mass is 10.1. The number of phenols is 1. The fourth-order valence-corrected chi connectivity index (χ4v) is 3.01. The van der Waals surface area contributed by atoms with Crippen molar-refractivity contribution < 1.29 is 10.2 Å². The van der Waals surface area contributed by atoms with E-state index in [4.69, 9.17) is 0 Å². The van der Waals surface area contributed by atoms with Crippen LogP contribution >= 0.6 is 0 Å². The van der Waals surface area contributed by atoms with Crippen molar-refractivity contribution in [1.29, 1.82) is 0 Å². The van der Waals surface area contributed by atoms with Crippen LogP contribution in [0.25, 0.3) is 0 Å². The maximum absolute atomic E-state index is 10.1. The van der Waals surface area contributed by atoms with Crippen molar-refractivity contribution in [3.63, 3.8) is 0 Å². The average molecular weight is 283 g/mol. The maximum atomic E-state index is 10.1. The summed E-state index contributed by atoms with van der Waals surface area (Å²) in [7, 11) is 0. The van der Waals surface area contributed by atoms with E-state index in [0.717, 1.165) is 25.1 Å². The third-order valence-corrected chi connectivity index (χ3v) is 4.14. The van der Waals surface area contributed by atoms with E-state index in [-0.39, 0.29) is 5.75 Å². The van der Waals surface area contributed by atoms with Crippen molar-refractivity contribution >= 4 is 11.4 Å². The summed E-state index contributed by atoms with van der Waals surface area (Å²) in [4.78, 5) is 2.26. The Labute approximate surface area is 125 Å². The molecule has 0 fully saturated rings. The fourth-order valence-electron chi connectivity index (χ4n) is 3.01. The van der Waals surface area contributed by atoms with Crippen LogP contribution in [0.15, 0.2) is 42.5 Å². The molecule has 110 valence electrons. The Hall–Kier alpha value is -2.00. The van der Waals surface area contributed by atoms with Crippen molar-refractivity contribution in [2.75, 3.05) is 11.4 Å². The standard InChI is InChI=1S/C18H21NO2/c1-13(20)16-10-9-15(12-18(16)21)19-11-5-4-7-14-6-2-3-8-17(14)19/h2-3,6,8-10,12-13,20-21H,4-5,7,11H2,1H3. The molecule has 1 unspecified atom stereocenters. The number of nitrogens with zero attached hydrogens (tertiary/aromatic N) is 1. The highest BCUT2D eigenvalue weighted by Crippen LogP contribution is 2.36. The van der Waals surface area contributed by atoms with Crippen molar-refractivity contribution in [2.45, 2.75) is 32.3 Å². The number of aliphatic hydroxyl groups excluding tert-OH is 1. The van der Waals surface area contributed by atoms with Crippen molar-refractivity contribution in [3.8, 4) is 5.75 Å². The van der Waals surface area contributed by atoms with Gasteiger partial charge < -0.3 is 15.1 Å². The van der Waals surface area contributed by atoms with Crippen molar-refractivity contribution in [2.24, 2.45) is 0 Å². The molecule has 0 spiro atoms. The van der Waals surface area contributed by atoms with E-state index in [2.05, 4.69) is 29.2 Å². The van der Waals surface area contributed by atoms with Gasteiger partial charge in [-0.1, -0.05) is 24.3 Å². The topological polar surface area (TPSA) is 43.7 Å². The summed E-state index contributed by atoms with van der Waals surface area (Å²) < 4.78 is 0. The molecule has 21 heavy (non-hydrogen) atoms. The molecule has 1 aliphatic rings. The highest BCUT2D eigenvalue weighted by Gasteiger charge is 2.18. The third kappa shape index (κ3) is 2.74. The van der Waals surface area contributed by atoms with E-state index < -0.39 is 6.10 Å². The zero-order valence-corrected chi connectivity index (χ0v) is 12.3. The van der Waals surface area contributed by atoms with E-state index in [9.17, 15) is 10.2 Å². The Bertz CT molecular complexity index is 637. The van der Waals surface area contributed by atoms with Crippen LogP contribution in [0.4, 0.5) is 11.4 Å². The van der Waals surface area contributed by atoms with Gasteiger partial charge >= 0.3 is 0 Å². The maximum Gasteiger partial charge on any atom is 0.123 e. The monoisotopic (exact) mass is 283 g/mol. The number of rotatable bonds is 2. The number of benzene rings is 2. The average Bonchev–Trinajstić information content (AvgIpc) is 2.69. The molecule has 0 amide bonds. The number of fused-ring (bicyclic) bond motifs is 1. The second kappa shape index (κ2) is 5.78. The van der Waals surface area contributed by atoms with Gasteiger partial charge in [0.1, 0.15) is 5.75 Å². The zero-order valence-electron chi connectivity index (χ0n) is 12.3. The van der Waals surface area contributed by atoms with Gasteiger partial charge in [-0.05, 0) is 43.9 Å². The fraction of sp³-hybridized carbons (Fsp3) is 0.333. The normalized spacial score (nSPS) is 16.2. The lowest BCUT2D eigenvalue weighted by Gasteiger charge is -2.25. The minimum atomic E-state index is -0.657. The molecule has 3 rings (SSSR count). The largest absolute Gasteiger partial charge is 0.507 e. The Kier molecular flexibility index (Phi) is 3.84. The molecule has 0 bridgehead atoms. The Balaban J connectivity index is 2.02. The minimum absolute atomic E-state index is 0.157. The van der Waals surface area contributed by atoms with Crippen molar-refractivity contribution in [1.82, 2.24) is 0 Å². The Morgan fingerprint density at radius 1 is 1.10 bits per heavy atom. The lowest BCUT2D eigenvalue weighted by molar-refractivity contribution is 0.195. The first-order chi connectivity index (χ1) is 10.2. The van der Waals surface area contributed by atoms with Gasteiger partial charge in [-0.2, -0.15) is 0 Å². The number of hydrogen-bond donors (Lipinski definition) is 2. The SMILES string of the molecule is CC(O)c1ccc(N2CCCCc3ccccc32)cc1O. The molecular weight excluding hydrogens is 262 g/mol. The van der Waals surface area contributed by atoms with Crippen LogP contribution in [-0.2, 0) is 6.42 Å². The molecule has 0 radical (unpaired) electrons. The number of para-hydroxylation sites is 1. The van der Waals surface area contributed by atoms with Gasteiger partial charge in [0, 0.05) is 29.5 Å². The molecule has 0 saturated carbocycles. The highest BCUT2D eigenvalue weighted by molar-refractivity contribution is 5.68. The van der Waals surface area contributed by atoms with Crippen LogP contribution in [-0.4, -0.2) is 16.8 Å². The van der Waals surface area contributed by atoms with E-state index in [1.165, 1.54) is 17.7 Å². The third-order valence-electron chi connectivity index (χ3n) is 4.14. The quantitative estimate of drug-likeness (QED) is 0.878. The minimum Gasteiger partial charge on any atom is -0.507 e. The molecule has 3 nitrogen and oxygen atoms in total. The molecule has 0 saturated heterocycles. The van der Waals surface area contributed by atoms with Gasteiger partial charge in [0.25, 0.3) is 0 Å². The molecule has 1 aliphatic heterocycles. The number of aromatic hydroxyl groups is 1. The number of aliphatic hydroxyl groups is 1. The van der Waals surface area contributed by atoms with E-state index >= 15 is 0 Å². The molecule has 2 N–H and O–H groups in total. The number of phenolic OH excluding ortho intramolecular Hbond substituents is 1. The van der Waals surface area contributed by atoms with Crippen LogP contribution < -0.4 is 4.90 Å². The Morgan fingerprint density at radius 3 is 2.67 bits per heavy atom. The first-order valence-corrected chi connectivity index (χ1v) is 7.53. The molecule has 2 aromatic carbocycles. The second-order valence-electron chi connectivity index (χ2n) is 5.66. The van der Waals surface area contributed by atoms with Crippen molar-refractivity contribution in [3.05, 3.63) is 53.6 Å². The number of aryl methyl sites for hydroxylation is 1. The first kappa shape index (κ1) is 14.0. The van der Waals surface area contributed by atoms with Crippen LogP contribution in [0.2, 0.25) is 0 Å². The van der Waals surface area contributed by atoms with Gasteiger partial charge in [-0.25, -0.2) is 0 Å². The summed E-state index contributed by atoms with van der Waals surface area (Å²) >= 11 is 0. The summed E-state index contributed by atoms with van der Waals surface area (Å²) in [6, 6.07) is 14.0. The smallest absolute Gasteiger partial charge is 0.123 e. The molecule has 1 heterocycles. The second-order valence-corrected chi connectivity index (χ2v) is 5.66. The van der Waals surface area contributed by atoms with E-state index in [0.29, 0.717) is 5.56 Å². The highest BCUT2D eigenvalue weighted by atomic mass is 16.3. The lowest BCUT2D eigenvalue weighted by Crippen LogP contribution is -2.17. The molecule has 0 aliphatic carbocycles. The zero-order chi connectivity index (χ0) is 14.8. The van der Waals surface area contributed by atoms with Crippen LogP contribution in [0, 0.1) is 0 Å². The summed E-state index contributed by atoms with van der Waals surface area (Å²) in [5.41, 5.74) is 4.13. The first-order valence-electron chi connectivity index (χ1n) is 7.53. The molecule has 0 aromatic heterocycles. The summed E-state index contributed by atoms with van der Waals surface area (Å²) in [6.07, 6.45) is 2.76. The predicted octanol–water partition coefficient (Wildman–Crippen LogP) is 3.92. The number of hydrogen-bond acceptors (Lipinski definition) is 3. The summed E-state index contributed by atoms with van der Waals surface area (Å²) in [5.74, 6) is 0.157. The molecule has 1 atom stereocenters. The molecule has 3 heteroatoms. The summed E-state index contributed by atoms with van der Waals surface area (Å²) in [5, 5.41) is 19.8.